The standard InChI is InChI=1S/C14H23NO4/c1-19-10-14(5-2-6-14)13(18)15-7-3-11(4-8-15)9-12(16)17/h11H,2-10H2,1H3,(H,16,17). The van der Waals surface area contributed by atoms with Gasteiger partial charge in [0.1, 0.15) is 0 Å². The van der Waals surface area contributed by atoms with E-state index in [4.69, 9.17) is 9.84 Å². The third-order valence-corrected chi connectivity index (χ3v) is 4.55. The molecule has 0 spiro atoms. The van der Waals surface area contributed by atoms with E-state index in [-0.39, 0.29) is 23.7 Å². The van der Waals surface area contributed by atoms with Crippen molar-refractivity contribution in [1.82, 2.24) is 4.90 Å². The maximum Gasteiger partial charge on any atom is 0.303 e. The van der Waals surface area contributed by atoms with Gasteiger partial charge in [-0.3, -0.25) is 9.59 Å². The fraction of sp³-hybridized carbons (Fsp3) is 0.857. The van der Waals surface area contributed by atoms with Crippen LogP contribution in [0.3, 0.4) is 0 Å². The first kappa shape index (κ1) is 14.3. The molecule has 1 aliphatic carbocycles. The summed E-state index contributed by atoms with van der Waals surface area (Å²) in [6.45, 7) is 1.91. The van der Waals surface area contributed by atoms with Gasteiger partial charge in [0, 0.05) is 26.6 Å². The minimum atomic E-state index is -0.736. The predicted octanol–water partition coefficient (Wildman–Crippen LogP) is 1.52. The summed E-state index contributed by atoms with van der Waals surface area (Å²) >= 11 is 0. The number of amides is 1. The Hall–Kier alpha value is -1.10. The molecule has 5 nitrogen and oxygen atoms in total. The van der Waals surface area contributed by atoms with Crippen LogP contribution in [0.15, 0.2) is 0 Å². The number of carbonyl (C=O) groups excluding carboxylic acids is 1. The quantitative estimate of drug-likeness (QED) is 0.821. The van der Waals surface area contributed by atoms with Crippen LogP contribution < -0.4 is 0 Å². The number of aliphatic carboxylic acids is 1. The van der Waals surface area contributed by atoms with Crippen LogP contribution in [0.4, 0.5) is 0 Å². The summed E-state index contributed by atoms with van der Waals surface area (Å²) in [7, 11) is 1.65. The number of methoxy groups -OCH3 is 1. The lowest BCUT2D eigenvalue weighted by molar-refractivity contribution is -0.153. The average molecular weight is 269 g/mol. The van der Waals surface area contributed by atoms with E-state index in [0.29, 0.717) is 19.7 Å². The number of ether oxygens (including phenoxy) is 1. The average Bonchev–Trinajstić information content (AvgIpc) is 2.33. The zero-order valence-corrected chi connectivity index (χ0v) is 11.6. The fourth-order valence-corrected chi connectivity index (χ4v) is 3.22. The number of carboxylic acid groups (broad SMARTS) is 1. The van der Waals surface area contributed by atoms with Crippen molar-refractivity contribution < 1.29 is 19.4 Å². The van der Waals surface area contributed by atoms with Crippen LogP contribution in [0.25, 0.3) is 0 Å². The molecule has 0 bridgehead atoms. The molecule has 1 N–H and O–H groups in total. The summed E-state index contributed by atoms with van der Waals surface area (Å²) in [5.41, 5.74) is -0.283. The minimum absolute atomic E-state index is 0.217. The number of likely N-dealkylation sites (tertiary alicyclic amines) is 1. The Kier molecular flexibility index (Phi) is 4.45. The van der Waals surface area contributed by atoms with Crippen LogP contribution in [0.5, 0.6) is 0 Å². The van der Waals surface area contributed by atoms with Gasteiger partial charge < -0.3 is 14.7 Å². The monoisotopic (exact) mass is 269 g/mol. The lowest BCUT2D eigenvalue weighted by atomic mass is 9.68. The van der Waals surface area contributed by atoms with Gasteiger partial charge in [-0.2, -0.15) is 0 Å². The molecule has 108 valence electrons. The SMILES string of the molecule is COCC1(C(=O)N2CCC(CC(=O)O)CC2)CCC1. The number of rotatable bonds is 5. The third kappa shape index (κ3) is 3.08. The maximum atomic E-state index is 12.6. The second-order valence-corrected chi connectivity index (χ2v) is 5.90. The largest absolute Gasteiger partial charge is 0.481 e. The highest BCUT2D eigenvalue weighted by molar-refractivity contribution is 5.84. The normalized spacial score (nSPS) is 22.9. The smallest absolute Gasteiger partial charge is 0.303 e. The van der Waals surface area contributed by atoms with Gasteiger partial charge in [-0.25, -0.2) is 0 Å². The second-order valence-electron chi connectivity index (χ2n) is 5.90. The number of hydrogen-bond donors (Lipinski definition) is 1. The van der Waals surface area contributed by atoms with Crippen LogP contribution in [-0.2, 0) is 14.3 Å². The highest BCUT2D eigenvalue weighted by Gasteiger charge is 2.46. The Labute approximate surface area is 113 Å². The van der Waals surface area contributed by atoms with Crippen molar-refractivity contribution >= 4 is 11.9 Å². The molecule has 1 amide bonds. The highest BCUT2D eigenvalue weighted by atomic mass is 16.5. The van der Waals surface area contributed by atoms with Crippen molar-refractivity contribution in [2.45, 2.75) is 38.5 Å². The van der Waals surface area contributed by atoms with Crippen LogP contribution in [0.2, 0.25) is 0 Å². The molecule has 2 aliphatic rings. The Morgan fingerprint density at radius 3 is 2.37 bits per heavy atom. The zero-order chi connectivity index (χ0) is 13.9. The van der Waals surface area contributed by atoms with Crippen molar-refractivity contribution in [2.75, 3.05) is 26.8 Å². The number of carbonyl (C=O) groups is 2. The summed E-state index contributed by atoms with van der Waals surface area (Å²) in [5, 5.41) is 8.79. The second kappa shape index (κ2) is 5.90. The molecule has 0 aromatic heterocycles. The van der Waals surface area contributed by atoms with Crippen LogP contribution in [0.1, 0.15) is 38.5 Å². The number of nitrogens with zero attached hydrogens (tertiary/aromatic N) is 1. The van der Waals surface area contributed by atoms with Gasteiger partial charge in [-0.15, -0.1) is 0 Å². The molecule has 5 heteroatoms. The molecular formula is C14H23NO4. The Balaban J connectivity index is 1.87. The molecular weight excluding hydrogens is 246 g/mol. The topological polar surface area (TPSA) is 66.8 Å². The Morgan fingerprint density at radius 1 is 1.32 bits per heavy atom. The lowest BCUT2D eigenvalue weighted by Crippen LogP contribution is -2.52. The summed E-state index contributed by atoms with van der Waals surface area (Å²) in [6, 6.07) is 0. The predicted molar refractivity (Wildman–Crippen MR) is 69.7 cm³/mol. The summed E-state index contributed by atoms with van der Waals surface area (Å²) < 4.78 is 5.21. The van der Waals surface area contributed by atoms with Gasteiger partial charge in [0.2, 0.25) is 5.91 Å². The highest BCUT2D eigenvalue weighted by Crippen LogP contribution is 2.43. The van der Waals surface area contributed by atoms with E-state index >= 15 is 0 Å². The first-order chi connectivity index (χ1) is 9.07. The molecule has 0 aromatic carbocycles. The molecule has 1 aliphatic heterocycles. The van der Waals surface area contributed by atoms with E-state index < -0.39 is 5.97 Å². The molecule has 0 aromatic rings. The van der Waals surface area contributed by atoms with Gasteiger partial charge in [-0.05, 0) is 31.6 Å². The van der Waals surface area contributed by atoms with Crippen molar-refractivity contribution in [3.63, 3.8) is 0 Å². The Morgan fingerprint density at radius 2 is 1.95 bits per heavy atom. The first-order valence-corrected chi connectivity index (χ1v) is 7.07. The molecule has 0 radical (unpaired) electrons. The van der Waals surface area contributed by atoms with Gasteiger partial charge in [-0.1, -0.05) is 6.42 Å². The zero-order valence-electron chi connectivity index (χ0n) is 11.6. The van der Waals surface area contributed by atoms with Gasteiger partial charge in [0.15, 0.2) is 0 Å². The lowest BCUT2D eigenvalue weighted by Gasteiger charge is -2.44. The molecule has 0 unspecified atom stereocenters. The van der Waals surface area contributed by atoms with E-state index in [1.807, 2.05) is 4.90 Å². The molecule has 1 heterocycles. The van der Waals surface area contributed by atoms with Gasteiger partial charge >= 0.3 is 5.97 Å². The van der Waals surface area contributed by atoms with Gasteiger partial charge in [0.05, 0.1) is 12.0 Å². The number of hydrogen-bond acceptors (Lipinski definition) is 3. The third-order valence-electron chi connectivity index (χ3n) is 4.55. The molecule has 19 heavy (non-hydrogen) atoms. The minimum Gasteiger partial charge on any atom is -0.481 e. The molecule has 2 rings (SSSR count). The van der Waals surface area contributed by atoms with E-state index in [1.54, 1.807) is 7.11 Å². The van der Waals surface area contributed by atoms with Crippen molar-refractivity contribution in [1.29, 1.82) is 0 Å². The summed E-state index contributed by atoms with van der Waals surface area (Å²) in [4.78, 5) is 25.1. The Bertz CT molecular complexity index is 343. The molecule has 1 saturated heterocycles. The molecule has 0 atom stereocenters. The van der Waals surface area contributed by atoms with Crippen molar-refractivity contribution in [3.05, 3.63) is 0 Å². The van der Waals surface area contributed by atoms with E-state index in [1.165, 1.54) is 0 Å². The van der Waals surface area contributed by atoms with Crippen LogP contribution in [0, 0.1) is 11.3 Å². The van der Waals surface area contributed by atoms with E-state index in [0.717, 1.165) is 32.1 Å². The van der Waals surface area contributed by atoms with Crippen LogP contribution >= 0.6 is 0 Å². The van der Waals surface area contributed by atoms with Gasteiger partial charge in [0.25, 0.3) is 0 Å². The van der Waals surface area contributed by atoms with E-state index in [2.05, 4.69) is 0 Å². The van der Waals surface area contributed by atoms with Crippen molar-refractivity contribution in [2.24, 2.45) is 11.3 Å². The number of carboxylic acids is 1. The van der Waals surface area contributed by atoms with Crippen LogP contribution in [-0.4, -0.2) is 48.7 Å². The summed E-state index contributed by atoms with van der Waals surface area (Å²) in [5.74, 6) is -0.296. The molecule has 1 saturated carbocycles. The number of piperidine rings is 1. The molecule has 2 fully saturated rings. The van der Waals surface area contributed by atoms with Crippen molar-refractivity contribution in [3.8, 4) is 0 Å². The first-order valence-electron chi connectivity index (χ1n) is 7.07. The maximum absolute atomic E-state index is 12.6. The van der Waals surface area contributed by atoms with E-state index in [9.17, 15) is 9.59 Å². The summed E-state index contributed by atoms with van der Waals surface area (Å²) in [6.07, 6.45) is 4.79. The fourth-order valence-electron chi connectivity index (χ4n) is 3.22.